The molecule has 3 rings (SSSR count). The SMILES string of the molecule is CC(C(=O)Nc1ccc2c(c1)CCNC2=O)c1ccsc1. The van der Waals surface area contributed by atoms with Gasteiger partial charge in [0.15, 0.2) is 0 Å². The Balaban J connectivity index is 1.76. The van der Waals surface area contributed by atoms with E-state index in [4.69, 9.17) is 0 Å². The van der Waals surface area contributed by atoms with E-state index < -0.39 is 0 Å². The van der Waals surface area contributed by atoms with Crippen LogP contribution in [0.1, 0.15) is 34.3 Å². The molecule has 2 heterocycles. The Kier molecular flexibility index (Phi) is 3.75. The van der Waals surface area contributed by atoms with Gasteiger partial charge in [-0.15, -0.1) is 0 Å². The third-order valence-electron chi connectivity index (χ3n) is 3.73. The number of nitrogens with one attached hydrogen (secondary N) is 2. The third kappa shape index (κ3) is 2.83. The van der Waals surface area contributed by atoms with Gasteiger partial charge in [-0.3, -0.25) is 9.59 Å². The fourth-order valence-electron chi connectivity index (χ4n) is 2.43. The summed E-state index contributed by atoms with van der Waals surface area (Å²) in [4.78, 5) is 23.9. The van der Waals surface area contributed by atoms with Crippen LogP contribution in [0.4, 0.5) is 5.69 Å². The van der Waals surface area contributed by atoms with Crippen LogP contribution >= 0.6 is 11.3 Å². The molecular weight excluding hydrogens is 284 g/mol. The van der Waals surface area contributed by atoms with Crippen LogP contribution in [0.2, 0.25) is 0 Å². The summed E-state index contributed by atoms with van der Waals surface area (Å²) in [5.41, 5.74) is 3.45. The van der Waals surface area contributed by atoms with Crippen molar-refractivity contribution in [3.05, 3.63) is 51.7 Å². The lowest BCUT2D eigenvalue weighted by atomic mass is 9.99. The molecule has 1 aromatic heterocycles. The highest BCUT2D eigenvalue weighted by molar-refractivity contribution is 7.08. The van der Waals surface area contributed by atoms with E-state index >= 15 is 0 Å². The topological polar surface area (TPSA) is 58.2 Å². The van der Waals surface area contributed by atoms with Crippen molar-refractivity contribution in [2.45, 2.75) is 19.3 Å². The number of thiophene rings is 1. The van der Waals surface area contributed by atoms with Gasteiger partial charge in [0.25, 0.3) is 5.91 Å². The van der Waals surface area contributed by atoms with Crippen molar-refractivity contribution in [3.8, 4) is 0 Å². The minimum absolute atomic E-state index is 0.0337. The first-order valence-corrected chi connectivity index (χ1v) is 7.83. The maximum Gasteiger partial charge on any atom is 0.251 e. The van der Waals surface area contributed by atoms with E-state index in [-0.39, 0.29) is 17.7 Å². The molecule has 108 valence electrons. The zero-order chi connectivity index (χ0) is 14.8. The first-order valence-electron chi connectivity index (χ1n) is 6.89. The summed E-state index contributed by atoms with van der Waals surface area (Å²) in [6.45, 7) is 2.54. The van der Waals surface area contributed by atoms with Gasteiger partial charge in [0.2, 0.25) is 5.91 Å². The summed E-state index contributed by atoms with van der Waals surface area (Å²) >= 11 is 1.59. The molecule has 0 bridgehead atoms. The van der Waals surface area contributed by atoms with E-state index in [0.29, 0.717) is 12.1 Å². The molecular formula is C16H16N2O2S. The van der Waals surface area contributed by atoms with Crippen molar-refractivity contribution in [1.82, 2.24) is 5.32 Å². The normalized spacial score (nSPS) is 15.0. The molecule has 1 aliphatic rings. The molecule has 21 heavy (non-hydrogen) atoms. The van der Waals surface area contributed by atoms with Gasteiger partial charge >= 0.3 is 0 Å². The number of benzene rings is 1. The van der Waals surface area contributed by atoms with Gasteiger partial charge in [-0.2, -0.15) is 11.3 Å². The van der Waals surface area contributed by atoms with Crippen molar-refractivity contribution in [3.63, 3.8) is 0 Å². The van der Waals surface area contributed by atoms with Gasteiger partial charge in [-0.1, -0.05) is 0 Å². The molecule has 2 aromatic rings. The van der Waals surface area contributed by atoms with Gasteiger partial charge in [0.1, 0.15) is 0 Å². The number of amides is 2. The smallest absolute Gasteiger partial charge is 0.251 e. The van der Waals surface area contributed by atoms with Crippen molar-refractivity contribution in [2.75, 3.05) is 11.9 Å². The van der Waals surface area contributed by atoms with Gasteiger partial charge < -0.3 is 10.6 Å². The second kappa shape index (κ2) is 5.69. The van der Waals surface area contributed by atoms with Crippen LogP contribution in [0, 0.1) is 0 Å². The zero-order valence-electron chi connectivity index (χ0n) is 11.7. The molecule has 2 N–H and O–H groups in total. The minimum atomic E-state index is -0.185. The summed E-state index contributed by atoms with van der Waals surface area (Å²) in [6.07, 6.45) is 0.796. The fraction of sp³-hybridized carbons (Fsp3) is 0.250. The van der Waals surface area contributed by atoms with Gasteiger partial charge in [-0.05, 0) is 59.5 Å². The third-order valence-corrected chi connectivity index (χ3v) is 4.44. The van der Waals surface area contributed by atoms with Gasteiger partial charge in [0, 0.05) is 17.8 Å². The summed E-state index contributed by atoms with van der Waals surface area (Å²) in [6, 6.07) is 7.41. The Bertz CT molecular complexity index is 680. The van der Waals surface area contributed by atoms with Crippen LogP contribution < -0.4 is 10.6 Å². The molecule has 0 saturated carbocycles. The van der Waals surface area contributed by atoms with E-state index in [1.807, 2.05) is 29.8 Å². The highest BCUT2D eigenvalue weighted by atomic mass is 32.1. The van der Waals surface area contributed by atoms with Crippen molar-refractivity contribution < 1.29 is 9.59 Å². The van der Waals surface area contributed by atoms with Crippen LogP contribution in [-0.4, -0.2) is 18.4 Å². The van der Waals surface area contributed by atoms with Crippen LogP contribution in [0.25, 0.3) is 0 Å². The molecule has 1 aliphatic heterocycles. The van der Waals surface area contributed by atoms with Crippen molar-refractivity contribution in [1.29, 1.82) is 0 Å². The lowest BCUT2D eigenvalue weighted by molar-refractivity contribution is -0.117. The standard InChI is InChI=1S/C16H16N2O2S/c1-10(12-5-7-21-9-12)15(19)18-13-2-3-14-11(8-13)4-6-17-16(14)20/h2-3,5,7-10H,4,6H2,1H3,(H,17,20)(H,18,19). The molecule has 1 aromatic carbocycles. The molecule has 1 atom stereocenters. The Morgan fingerprint density at radius 1 is 1.38 bits per heavy atom. The predicted octanol–water partition coefficient (Wildman–Crippen LogP) is 2.78. The number of carbonyl (C=O) groups is 2. The zero-order valence-corrected chi connectivity index (χ0v) is 12.5. The molecule has 0 saturated heterocycles. The maximum absolute atomic E-state index is 12.3. The molecule has 5 heteroatoms. The number of fused-ring (bicyclic) bond motifs is 1. The Hall–Kier alpha value is -2.14. The highest BCUT2D eigenvalue weighted by Gasteiger charge is 2.19. The van der Waals surface area contributed by atoms with Crippen molar-refractivity contribution in [2.24, 2.45) is 0 Å². The van der Waals surface area contributed by atoms with Crippen LogP contribution in [0.3, 0.4) is 0 Å². The highest BCUT2D eigenvalue weighted by Crippen LogP contribution is 2.22. The van der Waals surface area contributed by atoms with E-state index in [1.54, 1.807) is 23.5 Å². The van der Waals surface area contributed by atoms with E-state index in [1.165, 1.54) is 0 Å². The van der Waals surface area contributed by atoms with E-state index in [9.17, 15) is 9.59 Å². The quantitative estimate of drug-likeness (QED) is 0.915. The molecule has 0 spiro atoms. The summed E-state index contributed by atoms with van der Waals surface area (Å²) < 4.78 is 0. The molecule has 0 aliphatic carbocycles. The Labute approximate surface area is 127 Å². The Morgan fingerprint density at radius 3 is 3.00 bits per heavy atom. The van der Waals surface area contributed by atoms with E-state index in [0.717, 1.165) is 23.2 Å². The van der Waals surface area contributed by atoms with E-state index in [2.05, 4.69) is 10.6 Å². The largest absolute Gasteiger partial charge is 0.352 e. The second-order valence-corrected chi connectivity index (χ2v) is 5.93. The molecule has 4 nitrogen and oxygen atoms in total. The molecule has 0 radical (unpaired) electrons. The number of rotatable bonds is 3. The van der Waals surface area contributed by atoms with Gasteiger partial charge in [-0.25, -0.2) is 0 Å². The molecule has 0 fully saturated rings. The average Bonchev–Trinajstić information content (AvgIpc) is 3.00. The van der Waals surface area contributed by atoms with Crippen LogP contribution in [-0.2, 0) is 11.2 Å². The summed E-state index contributed by atoms with van der Waals surface area (Å²) in [7, 11) is 0. The number of hydrogen-bond donors (Lipinski definition) is 2. The molecule has 2 amide bonds. The lowest BCUT2D eigenvalue weighted by Crippen LogP contribution is -2.31. The van der Waals surface area contributed by atoms with Crippen LogP contribution in [0.15, 0.2) is 35.0 Å². The first kappa shape index (κ1) is 13.8. The first-order chi connectivity index (χ1) is 10.1. The summed E-state index contributed by atoms with van der Waals surface area (Å²) in [5, 5.41) is 9.70. The number of carbonyl (C=O) groups excluding carboxylic acids is 2. The van der Waals surface area contributed by atoms with Gasteiger partial charge in [0.05, 0.1) is 5.92 Å². The Morgan fingerprint density at radius 2 is 2.24 bits per heavy atom. The predicted molar refractivity (Wildman–Crippen MR) is 83.8 cm³/mol. The maximum atomic E-state index is 12.3. The average molecular weight is 300 g/mol. The monoisotopic (exact) mass is 300 g/mol. The van der Waals surface area contributed by atoms with Crippen molar-refractivity contribution >= 4 is 28.8 Å². The minimum Gasteiger partial charge on any atom is -0.352 e. The number of anilines is 1. The van der Waals surface area contributed by atoms with Crippen LogP contribution in [0.5, 0.6) is 0 Å². The number of hydrogen-bond acceptors (Lipinski definition) is 3. The lowest BCUT2D eigenvalue weighted by Gasteiger charge is -2.18. The fourth-order valence-corrected chi connectivity index (χ4v) is 3.18. The summed E-state index contributed by atoms with van der Waals surface area (Å²) in [5.74, 6) is -0.259. The second-order valence-electron chi connectivity index (χ2n) is 5.15. The molecule has 1 unspecified atom stereocenters.